The van der Waals surface area contributed by atoms with Crippen LogP contribution in [0.4, 0.5) is 33.2 Å². The average Bonchev–Trinajstić information content (AvgIpc) is 2.77. The molecule has 0 aliphatic heterocycles. The highest BCUT2D eigenvalue weighted by molar-refractivity contribution is 9.10. The minimum atomic E-state index is -0.421. The topological polar surface area (TPSA) is 80.0 Å². The van der Waals surface area contributed by atoms with Crippen LogP contribution in [0.25, 0.3) is 0 Å². The highest BCUT2D eigenvalue weighted by Crippen LogP contribution is 2.34. The Morgan fingerprint density at radius 3 is 2.50 bits per heavy atom. The van der Waals surface area contributed by atoms with E-state index in [0.29, 0.717) is 34.2 Å². The van der Waals surface area contributed by atoms with Crippen molar-refractivity contribution in [3.8, 4) is 0 Å². The van der Waals surface area contributed by atoms with Crippen molar-refractivity contribution in [1.82, 2.24) is 15.0 Å². The maximum absolute atomic E-state index is 14.3. The molecular formula is C22H18BrFN6. The number of nitrogens with two attached hydrogens (primary N) is 1. The van der Waals surface area contributed by atoms with Gasteiger partial charge in [0.2, 0.25) is 0 Å². The fraction of sp³-hybridized carbons (Fsp3) is 0.0455. The van der Waals surface area contributed by atoms with E-state index in [0.717, 1.165) is 5.56 Å². The Kier molecular flexibility index (Phi) is 5.85. The SMILES string of the molecule is Nc1c(Nc2ccc(Br)cc2F)ncnc1N(Cc1ccccc1)c1ccccn1. The van der Waals surface area contributed by atoms with E-state index in [4.69, 9.17) is 5.73 Å². The lowest BCUT2D eigenvalue weighted by Gasteiger charge is -2.25. The zero-order valence-corrected chi connectivity index (χ0v) is 17.4. The molecule has 2 aromatic carbocycles. The maximum atomic E-state index is 14.3. The molecule has 0 fully saturated rings. The second-order valence-electron chi connectivity index (χ2n) is 6.47. The molecule has 2 heterocycles. The molecule has 4 aromatic rings. The van der Waals surface area contributed by atoms with Crippen molar-refractivity contribution in [3.63, 3.8) is 0 Å². The Morgan fingerprint density at radius 1 is 0.967 bits per heavy atom. The van der Waals surface area contributed by atoms with Gasteiger partial charge >= 0.3 is 0 Å². The van der Waals surface area contributed by atoms with Gasteiger partial charge in [-0.15, -0.1) is 0 Å². The number of rotatable bonds is 6. The van der Waals surface area contributed by atoms with Crippen LogP contribution in [0, 0.1) is 5.82 Å². The molecule has 0 spiro atoms. The Labute approximate surface area is 181 Å². The highest BCUT2D eigenvalue weighted by atomic mass is 79.9. The molecule has 0 aliphatic rings. The molecule has 4 rings (SSSR count). The molecule has 2 aromatic heterocycles. The molecule has 0 bridgehead atoms. The lowest BCUT2D eigenvalue weighted by molar-refractivity contribution is 0.631. The number of benzene rings is 2. The third-order valence-electron chi connectivity index (χ3n) is 4.41. The predicted molar refractivity (Wildman–Crippen MR) is 120 cm³/mol. The second kappa shape index (κ2) is 8.87. The summed E-state index contributed by atoms with van der Waals surface area (Å²) in [6.45, 7) is 0.505. The van der Waals surface area contributed by atoms with Gasteiger partial charge in [0, 0.05) is 10.7 Å². The van der Waals surface area contributed by atoms with E-state index in [9.17, 15) is 4.39 Å². The minimum absolute atomic E-state index is 0.266. The van der Waals surface area contributed by atoms with Crippen LogP contribution in [-0.2, 0) is 6.54 Å². The van der Waals surface area contributed by atoms with Gasteiger partial charge in [0.05, 0.1) is 12.2 Å². The van der Waals surface area contributed by atoms with Crippen molar-refractivity contribution in [2.45, 2.75) is 6.54 Å². The summed E-state index contributed by atoms with van der Waals surface area (Å²) in [5.74, 6) is 1.06. The second-order valence-corrected chi connectivity index (χ2v) is 7.38. The van der Waals surface area contributed by atoms with Gasteiger partial charge in [-0.25, -0.2) is 19.3 Å². The molecule has 0 amide bonds. The van der Waals surface area contributed by atoms with Crippen molar-refractivity contribution in [2.24, 2.45) is 0 Å². The molecule has 8 heteroatoms. The fourth-order valence-corrected chi connectivity index (χ4v) is 3.30. The van der Waals surface area contributed by atoms with E-state index in [1.807, 2.05) is 53.4 Å². The summed E-state index contributed by atoms with van der Waals surface area (Å²) in [7, 11) is 0. The first kappa shape index (κ1) is 19.8. The van der Waals surface area contributed by atoms with Crippen molar-refractivity contribution < 1.29 is 4.39 Å². The minimum Gasteiger partial charge on any atom is -0.393 e. The summed E-state index contributed by atoms with van der Waals surface area (Å²) < 4.78 is 14.9. The zero-order valence-electron chi connectivity index (χ0n) is 15.8. The van der Waals surface area contributed by atoms with Crippen LogP contribution in [0.3, 0.4) is 0 Å². The van der Waals surface area contributed by atoms with Gasteiger partial charge in [0.15, 0.2) is 11.6 Å². The van der Waals surface area contributed by atoms with Crippen LogP contribution >= 0.6 is 15.9 Å². The normalized spacial score (nSPS) is 10.6. The van der Waals surface area contributed by atoms with Gasteiger partial charge in [-0.2, -0.15) is 0 Å². The molecule has 0 saturated heterocycles. The van der Waals surface area contributed by atoms with E-state index in [2.05, 4.69) is 36.2 Å². The zero-order chi connectivity index (χ0) is 20.9. The predicted octanol–water partition coefficient (Wildman–Crippen LogP) is 5.44. The van der Waals surface area contributed by atoms with Gasteiger partial charge in [-0.1, -0.05) is 52.3 Å². The largest absolute Gasteiger partial charge is 0.393 e. The van der Waals surface area contributed by atoms with E-state index < -0.39 is 5.82 Å². The van der Waals surface area contributed by atoms with Crippen LogP contribution < -0.4 is 16.0 Å². The van der Waals surface area contributed by atoms with Crippen LogP contribution in [0.5, 0.6) is 0 Å². The van der Waals surface area contributed by atoms with Crippen LogP contribution in [0.15, 0.2) is 83.7 Å². The first-order valence-corrected chi connectivity index (χ1v) is 9.96. The molecule has 6 nitrogen and oxygen atoms in total. The van der Waals surface area contributed by atoms with Crippen molar-refractivity contribution >= 4 is 44.8 Å². The van der Waals surface area contributed by atoms with Crippen molar-refractivity contribution in [3.05, 3.63) is 95.1 Å². The monoisotopic (exact) mass is 464 g/mol. The number of halogens is 2. The summed E-state index contributed by atoms with van der Waals surface area (Å²) in [6.07, 6.45) is 3.10. The Bertz CT molecular complexity index is 1140. The standard InChI is InChI=1S/C22H18BrFN6/c23-16-9-10-18(17(24)12-16)29-21-20(25)22(28-14-27-21)30(19-8-4-5-11-26-19)13-15-6-2-1-3-7-15/h1-12,14H,13,25H2,(H,27,28,29). The number of hydrogen-bond acceptors (Lipinski definition) is 6. The van der Waals surface area contributed by atoms with Gasteiger partial charge < -0.3 is 16.0 Å². The molecule has 0 unspecified atom stereocenters. The number of nitrogen functional groups attached to an aromatic ring is 1. The Morgan fingerprint density at radius 2 is 1.77 bits per heavy atom. The third kappa shape index (κ3) is 4.38. The van der Waals surface area contributed by atoms with Gasteiger partial charge in [-0.3, -0.25) is 0 Å². The molecule has 0 saturated carbocycles. The molecule has 0 aliphatic carbocycles. The van der Waals surface area contributed by atoms with Gasteiger partial charge in [-0.05, 0) is 35.9 Å². The first-order valence-electron chi connectivity index (χ1n) is 9.17. The number of pyridine rings is 1. The summed E-state index contributed by atoms with van der Waals surface area (Å²) in [5, 5.41) is 2.96. The summed E-state index contributed by atoms with van der Waals surface area (Å²) in [5.41, 5.74) is 8.04. The first-order chi connectivity index (χ1) is 14.6. The molecule has 0 atom stereocenters. The molecular weight excluding hydrogens is 447 g/mol. The number of nitrogens with one attached hydrogen (secondary N) is 1. The third-order valence-corrected chi connectivity index (χ3v) is 4.91. The number of nitrogens with zero attached hydrogens (tertiary/aromatic N) is 4. The number of anilines is 5. The lowest BCUT2D eigenvalue weighted by atomic mass is 10.2. The Hall–Kier alpha value is -3.52. The molecule has 0 radical (unpaired) electrons. The van der Waals surface area contributed by atoms with E-state index in [1.165, 1.54) is 12.4 Å². The van der Waals surface area contributed by atoms with E-state index in [1.54, 1.807) is 18.3 Å². The van der Waals surface area contributed by atoms with Crippen LogP contribution in [0.2, 0.25) is 0 Å². The van der Waals surface area contributed by atoms with E-state index in [-0.39, 0.29) is 5.69 Å². The Balaban J connectivity index is 1.73. The van der Waals surface area contributed by atoms with Crippen molar-refractivity contribution in [1.29, 1.82) is 0 Å². The quantitative estimate of drug-likeness (QED) is 0.395. The highest BCUT2D eigenvalue weighted by Gasteiger charge is 2.19. The maximum Gasteiger partial charge on any atom is 0.163 e. The van der Waals surface area contributed by atoms with Gasteiger partial charge in [0.25, 0.3) is 0 Å². The number of hydrogen-bond donors (Lipinski definition) is 2. The average molecular weight is 465 g/mol. The van der Waals surface area contributed by atoms with Crippen LogP contribution in [0.1, 0.15) is 5.56 Å². The number of aromatic nitrogens is 3. The van der Waals surface area contributed by atoms with Crippen LogP contribution in [-0.4, -0.2) is 15.0 Å². The van der Waals surface area contributed by atoms with Gasteiger partial charge in [0.1, 0.15) is 23.6 Å². The lowest BCUT2D eigenvalue weighted by Crippen LogP contribution is -2.21. The van der Waals surface area contributed by atoms with Crippen molar-refractivity contribution in [2.75, 3.05) is 16.0 Å². The molecule has 30 heavy (non-hydrogen) atoms. The summed E-state index contributed by atoms with van der Waals surface area (Å²) in [4.78, 5) is 15.0. The fourth-order valence-electron chi connectivity index (χ4n) is 2.96. The summed E-state index contributed by atoms with van der Waals surface area (Å²) in [6, 6.07) is 20.3. The van der Waals surface area contributed by atoms with E-state index >= 15 is 0 Å². The molecule has 150 valence electrons. The smallest absolute Gasteiger partial charge is 0.163 e. The summed E-state index contributed by atoms with van der Waals surface area (Å²) >= 11 is 3.25. The molecule has 3 N–H and O–H groups in total.